The van der Waals surface area contributed by atoms with Crippen LogP contribution in [0.3, 0.4) is 0 Å². The van der Waals surface area contributed by atoms with Gasteiger partial charge in [-0.2, -0.15) is 5.10 Å². The highest BCUT2D eigenvalue weighted by molar-refractivity contribution is 6.35. The second-order valence-corrected chi connectivity index (χ2v) is 3.81. The lowest BCUT2D eigenvalue weighted by Crippen LogP contribution is -1.92. The van der Waals surface area contributed by atoms with Gasteiger partial charge in [-0.3, -0.25) is 4.68 Å². The van der Waals surface area contributed by atoms with Crippen molar-refractivity contribution in [3.8, 4) is 0 Å². The van der Waals surface area contributed by atoms with Crippen molar-refractivity contribution in [2.75, 3.05) is 0 Å². The standard InChI is InChI=1S/C10H9ClN2/c11-9-2-1-3-10-8(9)6-13(12-10)7-4-5-7/h1-3,6-7H,4-5H2/i2D. The molecular weight excluding hydrogens is 184 g/mol. The first kappa shape index (κ1) is 6.44. The second kappa shape index (κ2) is 2.48. The van der Waals surface area contributed by atoms with Crippen LogP contribution in [-0.2, 0) is 0 Å². The zero-order chi connectivity index (χ0) is 9.71. The first-order chi connectivity index (χ1) is 6.75. The van der Waals surface area contributed by atoms with Crippen LogP contribution in [0, 0.1) is 0 Å². The van der Waals surface area contributed by atoms with Crippen LogP contribution in [0.25, 0.3) is 10.9 Å². The summed E-state index contributed by atoms with van der Waals surface area (Å²) in [5.74, 6) is 0. The summed E-state index contributed by atoms with van der Waals surface area (Å²) in [4.78, 5) is 0. The highest BCUT2D eigenvalue weighted by atomic mass is 35.5. The highest BCUT2D eigenvalue weighted by Crippen LogP contribution is 2.35. The lowest BCUT2D eigenvalue weighted by molar-refractivity contribution is 0.649. The molecular formula is C10H9ClN2. The average Bonchev–Trinajstić information content (AvgIpc) is 2.93. The number of halogens is 1. The van der Waals surface area contributed by atoms with Crippen LogP contribution in [-0.4, -0.2) is 9.78 Å². The maximum atomic E-state index is 7.56. The monoisotopic (exact) mass is 193 g/mol. The quantitative estimate of drug-likeness (QED) is 0.681. The van der Waals surface area contributed by atoms with Crippen LogP contribution in [0.2, 0.25) is 5.02 Å². The second-order valence-electron chi connectivity index (χ2n) is 3.43. The first-order valence-electron chi connectivity index (χ1n) is 4.89. The first-order valence-corrected chi connectivity index (χ1v) is 4.77. The molecule has 1 heterocycles. The van der Waals surface area contributed by atoms with E-state index in [0.29, 0.717) is 17.1 Å². The Morgan fingerprint density at radius 1 is 1.62 bits per heavy atom. The Hall–Kier alpha value is -1.02. The van der Waals surface area contributed by atoms with Crippen molar-refractivity contribution in [2.45, 2.75) is 18.9 Å². The van der Waals surface area contributed by atoms with E-state index in [1.165, 1.54) is 12.8 Å². The number of fused-ring (bicyclic) bond motifs is 1. The minimum atomic E-state index is 0.370. The Bertz CT molecular complexity index is 502. The van der Waals surface area contributed by atoms with Gasteiger partial charge in [-0.15, -0.1) is 0 Å². The normalized spacial score (nSPS) is 17.8. The molecule has 3 heteroatoms. The SMILES string of the molecule is [2H]c1ccc2nn(C3CC3)cc2c1Cl. The van der Waals surface area contributed by atoms with Gasteiger partial charge >= 0.3 is 0 Å². The van der Waals surface area contributed by atoms with Crippen molar-refractivity contribution in [3.63, 3.8) is 0 Å². The molecule has 0 atom stereocenters. The van der Waals surface area contributed by atoms with E-state index in [9.17, 15) is 0 Å². The lowest BCUT2D eigenvalue weighted by Gasteiger charge is -1.91. The molecule has 66 valence electrons. The van der Waals surface area contributed by atoms with E-state index in [-0.39, 0.29) is 0 Å². The summed E-state index contributed by atoms with van der Waals surface area (Å²) < 4.78 is 9.53. The molecule has 1 aliphatic carbocycles. The summed E-state index contributed by atoms with van der Waals surface area (Å²) in [6.07, 6.45) is 4.37. The van der Waals surface area contributed by atoms with E-state index in [4.69, 9.17) is 13.0 Å². The van der Waals surface area contributed by atoms with Crippen molar-refractivity contribution >= 4 is 22.5 Å². The summed E-state index contributed by atoms with van der Waals surface area (Å²) >= 11 is 6.02. The van der Waals surface area contributed by atoms with Crippen molar-refractivity contribution in [1.29, 1.82) is 0 Å². The third-order valence-electron chi connectivity index (χ3n) is 2.37. The van der Waals surface area contributed by atoms with Gasteiger partial charge in [-0.05, 0) is 25.0 Å². The Balaban J connectivity index is 2.26. The molecule has 2 nitrogen and oxygen atoms in total. The van der Waals surface area contributed by atoms with Crippen LogP contribution in [0.5, 0.6) is 0 Å². The Kier molecular flexibility index (Phi) is 1.23. The number of rotatable bonds is 1. The van der Waals surface area contributed by atoms with E-state index >= 15 is 0 Å². The third kappa shape index (κ3) is 1.13. The van der Waals surface area contributed by atoms with Gasteiger partial charge < -0.3 is 0 Å². The summed E-state index contributed by atoms with van der Waals surface area (Å²) in [6, 6.07) is 4.47. The molecule has 3 rings (SSSR count). The van der Waals surface area contributed by atoms with Gasteiger partial charge in [0.25, 0.3) is 0 Å². The number of hydrogen-bond donors (Lipinski definition) is 0. The fourth-order valence-electron chi connectivity index (χ4n) is 1.50. The number of nitrogens with zero attached hydrogens (tertiary/aromatic N) is 2. The van der Waals surface area contributed by atoms with Crippen molar-refractivity contribution in [3.05, 3.63) is 29.4 Å². The van der Waals surface area contributed by atoms with Crippen LogP contribution in [0.15, 0.2) is 24.4 Å². The minimum Gasteiger partial charge on any atom is -0.268 e. The summed E-state index contributed by atoms with van der Waals surface area (Å²) in [6.45, 7) is 0. The minimum absolute atomic E-state index is 0.370. The predicted octanol–water partition coefficient (Wildman–Crippen LogP) is 3.02. The lowest BCUT2D eigenvalue weighted by atomic mass is 10.3. The number of benzene rings is 1. The maximum absolute atomic E-state index is 7.56. The van der Waals surface area contributed by atoms with Crippen molar-refractivity contribution < 1.29 is 1.37 Å². The summed E-state index contributed by atoms with van der Waals surface area (Å²) in [7, 11) is 0. The molecule has 1 aliphatic rings. The molecule has 1 aromatic heterocycles. The molecule has 0 saturated heterocycles. The van der Waals surface area contributed by atoms with Gasteiger partial charge in [0, 0.05) is 11.6 Å². The average molecular weight is 194 g/mol. The van der Waals surface area contributed by atoms with Gasteiger partial charge in [-0.25, -0.2) is 0 Å². The van der Waals surface area contributed by atoms with Crippen molar-refractivity contribution in [2.24, 2.45) is 0 Å². The van der Waals surface area contributed by atoms with Gasteiger partial charge in [0.1, 0.15) is 0 Å². The fraction of sp³-hybridized carbons (Fsp3) is 0.300. The zero-order valence-electron chi connectivity index (χ0n) is 8.00. The molecule has 0 spiro atoms. The topological polar surface area (TPSA) is 17.8 Å². The summed E-state index contributed by atoms with van der Waals surface area (Å²) in [5.41, 5.74) is 0.887. The van der Waals surface area contributed by atoms with E-state index in [0.717, 1.165) is 10.9 Å². The number of aromatic nitrogens is 2. The molecule has 0 aliphatic heterocycles. The fourth-order valence-corrected chi connectivity index (χ4v) is 1.70. The maximum Gasteiger partial charge on any atom is 0.0938 e. The van der Waals surface area contributed by atoms with Gasteiger partial charge in [0.05, 0.1) is 18.0 Å². The van der Waals surface area contributed by atoms with Gasteiger partial charge in [0.15, 0.2) is 0 Å². The molecule has 0 N–H and O–H groups in total. The molecule has 0 bridgehead atoms. The highest BCUT2D eigenvalue weighted by Gasteiger charge is 2.24. The molecule has 0 radical (unpaired) electrons. The molecule has 2 aromatic rings. The van der Waals surface area contributed by atoms with E-state index in [1.54, 1.807) is 6.07 Å². The molecule has 0 unspecified atom stereocenters. The smallest absolute Gasteiger partial charge is 0.0938 e. The third-order valence-corrected chi connectivity index (χ3v) is 2.68. The van der Waals surface area contributed by atoms with Gasteiger partial charge in [0.2, 0.25) is 0 Å². The Morgan fingerprint density at radius 3 is 3.23 bits per heavy atom. The predicted molar refractivity (Wildman–Crippen MR) is 53.0 cm³/mol. The Morgan fingerprint density at radius 2 is 2.46 bits per heavy atom. The van der Waals surface area contributed by atoms with Crippen LogP contribution in [0.1, 0.15) is 20.3 Å². The molecule has 1 fully saturated rings. The molecule has 0 amide bonds. The van der Waals surface area contributed by atoms with Crippen LogP contribution in [0.4, 0.5) is 0 Å². The largest absolute Gasteiger partial charge is 0.268 e. The van der Waals surface area contributed by atoms with Crippen LogP contribution >= 0.6 is 11.6 Å². The van der Waals surface area contributed by atoms with E-state index in [1.807, 2.05) is 16.9 Å². The van der Waals surface area contributed by atoms with Gasteiger partial charge in [-0.1, -0.05) is 17.7 Å². The van der Waals surface area contributed by atoms with E-state index < -0.39 is 0 Å². The van der Waals surface area contributed by atoms with Crippen LogP contribution < -0.4 is 0 Å². The molecule has 13 heavy (non-hydrogen) atoms. The molecule has 1 aromatic carbocycles. The van der Waals surface area contributed by atoms with Crippen molar-refractivity contribution in [1.82, 2.24) is 9.78 Å². The number of hydrogen-bond acceptors (Lipinski definition) is 1. The summed E-state index contributed by atoms with van der Waals surface area (Å²) in [5, 5.41) is 5.83. The molecule has 1 saturated carbocycles. The Labute approximate surface area is 82.5 Å². The zero-order valence-corrected chi connectivity index (χ0v) is 7.75. The van der Waals surface area contributed by atoms with E-state index in [2.05, 4.69) is 5.10 Å².